The minimum atomic E-state index is -0.519. The van der Waals surface area contributed by atoms with Crippen LogP contribution in [-0.2, 0) is 14.3 Å². The van der Waals surface area contributed by atoms with Gasteiger partial charge in [-0.3, -0.25) is 14.5 Å². The van der Waals surface area contributed by atoms with Gasteiger partial charge in [-0.1, -0.05) is 47.6 Å². The summed E-state index contributed by atoms with van der Waals surface area (Å²) in [4.78, 5) is 31.9. The normalized spacial score (nSPS) is 17.6. The summed E-state index contributed by atoms with van der Waals surface area (Å²) < 4.78 is 5.11. The van der Waals surface area contributed by atoms with Crippen molar-refractivity contribution in [3.8, 4) is 0 Å². The molecule has 0 aromatic heterocycles. The minimum absolute atomic E-state index is 0.0596. The number of benzene rings is 2. The number of carbonyl (C=O) groups excluding carboxylic acids is 2. The summed E-state index contributed by atoms with van der Waals surface area (Å²) in [5.41, 5.74) is 2.33. The molecule has 1 unspecified atom stereocenters. The highest BCUT2D eigenvalue weighted by Crippen LogP contribution is 2.32. The molecule has 1 heterocycles. The molecule has 0 radical (unpaired) electrons. The fraction of sp³-hybridized carbons (Fsp3) is 0.318. The van der Waals surface area contributed by atoms with E-state index in [9.17, 15) is 9.59 Å². The first kappa shape index (κ1) is 22.3. The van der Waals surface area contributed by atoms with Crippen LogP contribution in [0.2, 0.25) is 5.02 Å². The second-order valence-electron chi connectivity index (χ2n) is 6.88. The minimum Gasteiger partial charge on any atom is -0.385 e. The van der Waals surface area contributed by atoms with Crippen molar-refractivity contribution in [1.82, 2.24) is 4.90 Å². The van der Waals surface area contributed by atoms with Crippen molar-refractivity contribution < 1.29 is 14.3 Å². The number of hydrogen-bond donors (Lipinski definition) is 1. The van der Waals surface area contributed by atoms with Gasteiger partial charge < -0.3 is 10.1 Å². The molecule has 0 spiro atoms. The van der Waals surface area contributed by atoms with Crippen molar-refractivity contribution in [2.45, 2.75) is 25.0 Å². The predicted molar refractivity (Wildman–Crippen MR) is 123 cm³/mol. The number of aliphatic imine (C=N–C) groups is 1. The van der Waals surface area contributed by atoms with Gasteiger partial charge >= 0.3 is 0 Å². The molecule has 1 saturated heterocycles. The van der Waals surface area contributed by atoms with Gasteiger partial charge in [0.15, 0.2) is 5.17 Å². The summed E-state index contributed by atoms with van der Waals surface area (Å²) >= 11 is 7.35. The van der Waals surface area contributed by atoms with Crippen LogP contribution >= 0.6 is 23.4 Å². The van der Waals surface area contributed by atoms with E-state index in [1.807, 2.05) is 43.3 Å². The number of halogens is 1. The third-order valence-electron chi connectivity index (χ3n) is 4.58. The standard InChI is InChI=1S/C22H24ClN3O3S/c1-15-9-10-16(23)13-18(15)25-20(27)14-19-21(28)26(11-6-12-29-2)22(30-19)24-17-7-4-3-5-8-17/h3-5,7-10,13,19H,6,11-12,14H2,1-2H3,(H,25,27). The fourth-order valence-corrected chi connectivity index (χ4v) is 4.37. The quantitative estimate of drug-likeness (QED) is 0.600. The Hall–Kier alpha value is -2.35. The van der Waals surface area contributed by atoms with E-state index in [0.29, 0.717) is 35.5 Å². The first-order valence-corrected chi connectivity index (χ1v) is 10.9. The molecule has 8 heteroatoms. The number of rotatable bonds is 8. The van der Waals surface area contributed by atoms with Gasteiger partial charge in [0.2, 0.25) is 11.8 Å². The molecule has 3 rings (SSSR count). The number of amides is 2. The van der Waals surface area contributed by atoms with Gasteiger partial charge in [-0.05, 0) is 43.2 Å². The van der Waals surface area contributed by atoms with Gasteiger partial charge in [0.1, 0.15) is 5.25 Å². The largest absolute Gasteiger partial charge is 0.385 e. The molecule has 0 saturated carbocycles. The van der Waals surface area contributed by atoms with Crippen molar-refractivity contribution in [2.75, 3.05) is 25.6 Å². The van der Waals surface area contributed by atoms with E-state index in [2.05, 4.69) is 10.3 Å². The SMILES string of the molecule is COCCCN1C(=O)C(CC(=O)Nc2cc(Cl)ccc2C)SC1=Nc1ccccc1. The zero-order valence-corrected chi connectivity index (χ0v) is 18.5. The summed E-state index contributed by atoms with van der Waals surface area (Å²) in [7, 11) is 1.63. The van der Waals surface area contributed by atoms with Crippen LogP contribution in [0, 0.1) is 6.92 Å². The second-order valence-corrected chi connectivity index (χ2v) is 8.49. The molecule has 1 N–H and O–H groups in total. The fourth-order valence-electron chi connectivity index (χ4n) is 3.01. The highest BCUT2D eigenvalue weighted by Gasteiger charge is 2.38. The molecule has 0 aliphatic carbocycles. The molecule has 158 valence electrons. The second kappa shape index (κ2) is 10.6. The lowest BCUT2D eigenvalue weighted by atomic mass is 10.2. The van der Waals surface area contributed by atoms with E-state index in [4.69, 9.17) is 16.3 Å². The molecule has 1 atom stereocenters. The molecule has 1 aliphatic heterocycles. The molecule has 1 aliphatic rings. The summed E-state index contributed by atoms with van der Waals surface area (Å²) in [6.07, 6.45) is 0.751. The number of carbonyl (C=O) groups is 2. The van der Waals surface area contributed by atoms with Crippen molar-refractivity contribution in [3.63, 3.8) is 0 Å². The Bertz CT molecular complexity index is 936. The maximum absolute atomic E-state index is 13.0. The van der Waals surface area contributed by atoms with Crippen LogP contribution in [0.15, 0.2) is 53.5 Å². The maximum Gasteiger partial charge on any atom is 0.242 e. The molecule has 2 aromatic rings. The zero-order chi connectivity index (χ0) is 21.5. The van der Waals surface area contributed by atoms with Crippen LogP contribution < -0.4 is 5.32 Å². The van der Waals surface area contributed by atoms with Crippen molar-refractivity contribution in [2.24, 2.45) is 4.99 Å². The number of methoxy groups -OCH3 is 1. The maximum atomic E-state index is 13.0. The number of hydrogen-bond acceptors (Lipinski definition) is 5. The Morgan fingerprint density at radius 1 is 1.27 bits per heavy atom. The van der Waals surface area contributed by atoms with Gasteiger partial charge in [-0.15, -0.1) is 0 Å². The van der Waals surface area contributed by atoms with Gasteiger partial charge in [-0.25, -0.2) is 4.99 Å². The van der Waals surface area contributed by atoms with Gasteiger partial charge in [0.05, 0.1) is 5.69 Å². The topological polar surface area (TPSA) is 71.0 Å². The molecule has 6 nitrogen and oxygen atoms in total. The number of nitrogens with zero attached hydrogens (tertiary/aromatic N) is 2. The predicted octanol–water partition coefficient (Wildman–Crippen LogP) is 4.65. The average Bonchev–Trinajstić information content (AvgIpc) is 3.00. The molecular weight excluding hydrogens is 422 g/mol. The van der Waals surface area contributed by atoms with E-state index >= 15 is 0 Å². The lowest BCUT2D eigenvalue weighted by Gasteiger charge is -2.16. The van der Waals surface area contributed by atoms with E-state index in [1.54, 1.807) is 24.1 Å². The van der Waals surface area contributed by atoms with Crippen molar-refractivity contribution in [3.05, 3.63) is 59.1 Å². The van der Waals surface area contributed by atoms with Crippen LogP contribution in [0.1, 0.15) is 18.4 Å². The third-order valence-corrected chi connectivity index (χ3v) is 5.99. The summed E-state index contributed by atoms with van der Waals surface area (Å²) in [5.74, 6) is -0.340. The van der Waals surface area contributed by atoms with E-state index in [1.165, 1.54) is 11.8 Å². The monoisotopic (exact) mass is 445 g/mol. The Kier molecular flexibility index (Phi) is 7.90. The number of amidine groups is 1. The summed E-state index contributed by atoms with van der Waals surface area (Å²) in [6.45, 7) is 2.94. The molecule has 30 heavy (non-hydrogen) atoms. The Morgan fingerprint density at radius 2 is 2.03 bits per heavy atom. The third kappa shape index (κ3) is 5.84. The average molecular weight is 446 g/mol. The van der Waals surface area contributed by atoms with E-state index in [-0.39, 0.29) is 18.2 Å². The van der Waals surface area contributed by atoms with Crippen LogP contribution in [-0.4, -0.2) is 47.4 Å². The van der Waals surface area contributed by atoms with Gasteiger partial charge in [0, 0.05) is 37.4 Å². The number of thioether (sulfide) groups is 1. The van der Waals surface area contributed by atoms with Crippen LogP contribution in [0.4, 0.5) is 11.4 Å². The Balaban J connectivity index is 1.73. The van der Waals surface area contributed by atoms with E-state index in [0.717, 1.165) is 11.3 Å². The molecule has 1 fully saturated rings. The molecular formula is C22H24ClN3O3S. The zero-order valence-electron chi connectivity index (χ0n) is 16.9. The number of aryl methyl sites for hydroxylation is 1. The lowest BCUT2D eigenvalue weighted by Crippen LogP contribution is -2.34. The molecule has 2 amide bonds. The summed E-state index contributed by atoms with van der Waals surface area (Å²) in [5, 5.41) is 3.50. The lowest BCUT2D eigenvalue weighted by molar-refractivity contribution is -0.128. The highest BCUT2D eigenvalue weighted by atomic mass is 35.5. The highest BCUT2D eigenvalue weighted by molar-refractivity contribution is 8.15. The first-order valence-electron chi connectivity index (χ1n) is 9.64. The van der Waals surface area contributed by atoms with Crippen molar-refractivity contribution in [1.29, 1.82) is 0 Å². The summed E-state index contributed by atoms with van der Waals surface area (Å²) in [6, 6.07) is 14.8. The first-order chi connectivity index (χ1) is 14.5. The molecule has 2 aromatic carbocycles. The van der Waals surface area contributed by atoms with Crippen LogP contribution in [0.5, 0.6) is 0 Å². The van der Waals surface area contributed by atoms with Gasteiger partial charge in [0.25, 0.3) is 0 Å². The van der Waals surface area contributed by atoms with Gasteiger partial charge in [-0.2, -0.15) is 0 Å². The number of anilines is 1. The van der Waals surface area contributed by atoms with E-state index < -0.39 is 5.25 Å². The molecule has 0 bridgehead atoms. The number of nitrogens with one attached hydrogen (secondary N) is 1. The number of ether oxygens (including phenoxy) is 1. The Morgan fingerprint density at radius 3 is 2.77 bits per heavy atom. The number of para-hydroxylation sites is 1. The van der Waals surface area contributed by atoms with Crippen LogP contribution in [0.3, 0.4) is 0 Å². The van der Waals surface area contributed by atoms with Crippen LogP contribution in [0.25, 0.3) is 0 Å². The Labute approximate surface area is 185 Å². The smallest absolute Gasteiger partial charge is 0.242 e. The van der Waals surface area contributed by atoms with Crippen molar-refractivity contribution >= 4 is 51.7 Å².